The third kappa shape index (κ3) is 6.59. The molecule has 0 heterocycles. The first kappa shape index (κ1) is 22.4. The summed E-state index contributed by atoms with van der Waals surface area (Å²) in [4.78, 5) is 4.55. The summed E-state index contributed by atoms with van der Waals surface area (Å²) in [5.74, 6) is 0.326. The number of benzene rings is 1. The van der Waals surface area contributed by atoms with Gasteiger partial charge in [0.25, 0.3) is 0 Å². The van der Waals surface area contributed by atoms with Gasteiger partial charge >= 0.3 is 0 Å². The Morgan fingerprint density at radius 2 is 1.81 bits per heavy atom. The largest absolute Gasteiger partial charge is 0.357 e. The lowest BCUT2D eigenvalue weighted by atomic mass is 9.85. The van der Waals surface area contributed by atoms with Crippen LogP contribution in [0.1, 0.15) is 47.1 Å². The van der Waals surface area contributed by atoms with Crippen molar-refractivity contribution in [1.82, 2.24) is 10.6 Å². The van der Waals surface area contributed by atoms with E-state index in [4.69, 9.17) is 0 Å². The number of rotatable bonds is 7. The zero-order valence-electron chi connectivity index (χ0n) is 16.7. The normalized spacial score (nSPS) is 13.6. The van der Waals surface area contributed by atoms with Crippen molar-refractivity contribution in [2.75, 3.05) is 25.4 Å². The van der Waals surface area contributed by atoms with Crippen molar-refractivity contribution < 1.29 is 12.8 Å². The smallest absolute Gasteiger partial charge is 0.191 e. The van der Waals surface area contributed by atoms with Crippen molar-refractivity contribution in [1.29, 1.82) is 0 Å². The molecule has 0 unspecified atom stereocenters. The number of nitrogens with zero attached hydrogens (tertiary/aromatic N) is 1. The standard InChI is InChI=1S/C19H32FN3O2S/c1-7-21-17(22-11-12-26(24,25)18(2,3)4)23-14-19(5,6)15-9-8-10-16(20)13-15/h8-10,13H,7,11-12,14H2,1-6H3,(H2,21,22,23). The Kier molecular flexibility index (Phi) is 7.62. The lowest BCUT2D eigenvalue weighted by Crippen LogP contribution is -2.42. The molecule has 26 heavy (non-hydrogen) atoms. The van der Waals surface area contributed by atoms with Gasteiger partial charge in [-0.15, -0.1) is 0 Å². The highest BCUT2D eigenvalue weighted by atomic mass is 32.2. The molecule has 0 aliphatic heterocycles. The third-order valence-corrected chi connectivity index (χ3v) is 6.79. The molecular formula is C19H32FN3O2S. The highest BCUT2D eigenvalue weighted by molar-refractivity contribution is 7.92. The molecule has 0 spiro atoms. The monoisotopic (exact) mass is 385 g/mol. The first-order valence-corrected chi connectivity index (χ1v) is 10.5. The molecule has 7 heteroatoms. The van der Waals surface area contributed by atoms with Crippen LogP contribution in [0.2, 0.25) is 0 Å². The Hall–Kier alpha value is -1.63. The summed E-state index contributed by atoms with van der Waals surface area (Å²) in [6.45, 7) is 12.4. The highest BCUT2D eigenvalue weighted by Gasteiger charge is 2.28. The molecule has 0 saturated carbocycles. The van der Waals surface area contributed by atoms with Crippen LogP contribution in [0.15, 0.2) is 29.3 Å². The quantitative estimate of drug-likeness (QED) is 0.559. The number of halogens is 1. The number of hydrogen-bond acceptors (Lipinski definition) is 3. The van der Waals surface area contributed by atoms with Crippen molar-refractivity contribution in [3.05, 3.63) is 35.6 Å². The van der Waals surface area contributed by atoms with Gasteiger partial charge in [-0.05, 0) is 45.4 Å². The van der Waals surface area contributed by atoms with Gasteiger partial charge in [0.15, 0.2) is 15.8 Å². The van der Waals surface area contributed by atoms with Crippen LogP contribution < -0.4 is 10.6 Å². The average Bonchev–Trinajstić information content (AvgIpc) is 2.51. The van der Waals surface area contributed by atoms with Gasteiger partial charge in [0.05, 0.1) is 17.0 Å². The Labute approximate surface area is 157 Å². The van der Waals surface area contributed by atoms with Crippen molar-refractivity contribution in [3.63, 3.8) is 0 Å². The van der Waals surface area contributed by atoms with E-state index in [1.54, 1.807) is 26.8 Å². The SMILES string of the molecule is CCNC(=NCC(C)(C)c1cccc(F)c1)NCCS(=O)(=O)C(C)(C)C. The fourth-order valence-electron chi connectivity index (χ4n) is 2.23. The molecule has 1 rings (SSSR count). The maximum absolute atomic E-state index is 13.5. The Morgan fingerprint density at radius 1 is 1.15 bits per heavy atom. The van der Waals surface area contributed by atoms with Gasteiger partial charge in [0.2, 0.25) is 0 Å². The summed E-state index contributed by atoms with van der Waals surface area (Å²) in [5.41, 5.74) is 0.523. The zero-order valence-corrected chi connectivity index (χ0v) is 17.5. The molecule has 0 aromatic heterocycles. The number of hydrogen-bond donors (Lipinski definition) is 2. The minimum atomic E-state index is -3.19. The van der Waals surface area contributed by atoms with Crippen LogP contribution in [0.4, 0.5) is 4.39 Å². The van der Waals surface area contributed by atoms with Gasteiger partial charge < -0.3 is 10.6 Å². The van der Waals surface area contributed by atoms with E-state index in [1.165, 1.54) is 12.1 Å². The van der Waals surface area contributed by atoms with E-state index >= 15 is 0 Å². The maximum atomic E-state index is 13.5. The Morgan fingerprint density at radius 3 is 2.35 bits per heavy atom. The molecule has 1 aromatic carbocycles. The molecule has 0 radical (unpaired) electrons. The molecule has 0 atom stereocenters. The molecule has 0 aliphatic rings. The fourth-order valence-corrected chi connectivity index (χ4v) is 3.21. The van der Waals surface area contributed by atoms with Gasteiger partial charge in [-0.1, -0.05) is 26.0 Å². The molecule has 1 aromatic rings. The minimum Gasteiger partial charge on any atom is -0.357 e. The van der Waals surface area contributed by atoms with Gasteiger partial charge in [-0.25, -0.2) is 12.8 Å². The second kappa shape index (κ2) is 8.84. The second-order valence-electron chi connectivity index (χ2n) is 7.95. The van der Waals surface area contributed by atoms with E-state index in [1.807, 2.05) is 26.8 Å². The number of nitrogens with one attached hydrogen (secondary N) is 2. The lowest BCUT2D eigenvalue weighted by molar-refractivity contribution is 0.529. The number of sulfone groups is 1. The predicted molar refractivity (Wildman–Crippen MR) is 107 cm³/mol. The van der Waals surface area contributed by atoms with Crippen LogP contribution in [0.5, 0.6) is 0 Å². The molecule has 0 saturated heterocycles. The third-order valence-electron chi connectivity index (χ3n) is 4.18. The van der Waals surface area contributed by atoms with Crippen molar-refractivity contribution in [2.24, 2.45) is 4.99 Å². The minimum absolute atomic E-state index is 0.0359. The predicted octanol–water partition coefficient (Wildman–Crippen LogP) is 2.87. The molecule has 2 N–H and O–H groups in total. The summed E-state index contributed by atoms with van der Waals surface area (Å²) in [7, 11) is -3.19. The van der Waals surface area contributed by atoms with Crippen LogP contribution in [0.25, 0.3) is 0 Å². The van der Waals surface area contributed by atoms with E-state index in [9.17, 15) is 12.8 Å². The maximum Gasteiger partial charge on any atom is 0.191 e. The molecular weight excluding hydrogens is 353 g/mol. The van der Waals surface area contributed by atoms with Crippen molar-refractivity contribution in [3.8, 4) is 0 Å². The second-order valence-corrected chi connectivity index (χ2v) is 10.8. The Bertz CT molecular complexity index is 723. The van der Waals surface area contributed by atoms with Gasteiger partial charge in [0, 0.05) is 18.5 Å². The van der Waals surface area contributed by atoms with Gasteiger partial charge in [-0.2, -0.15) is 0 Å². The zero-order chi connectivity index (χ0) is 20.0. The van der Waals surface area contributed by atoms with Crippen LogP contribution in [0, 0.1) is 5.82 Å². The number of guanidine groups is 1. The van der Waals surface area contributed by atoms with E-state index in [2.05, 4.69) is 15.6 Å². The first-order valence-electron chi connectivity index (χ1n) is 8.89. The van der Waals surface area contributed by atoms with E-state index in [0.29, 0.717) is 19.0 Å². The van der Waals surface area contributed by atoms with Crippen LogP contribution in [-0.2, 0) is 15.3 Å². The molecule has 5 nitrogen and oxygen atoms in total. The first-order chi connectivity index (χ1) is 11.9. The Balaban J connectivity index is 2.77. The number of aliphatic imine (C=N–C) groups is 1. The topological polar surface area (TPSA) is 70.6 Å². The summed E-state index contributed by atoms with van der Waals surface area (Å²) in [6, 6.07) is 6.52. The summed E-state index contributed by atoms with van der Waals surface area (Å²) >= 11 is 0. The molecule has 0 amide bonds. The summed E-state index contributed by atoms with van der Waals surface area (Å²) in [6.07, 6.45) is 0. The van der Waals surface area contributed by atoms with Gasteiger partial charge in [-0.3, -0.25) is 4.99 Å². The molecule has 0 fully saturated rings. The van der Waals surface area contributed by atoms with E-state index in [0.717, 1.165) is 5.56 Å². The lowest BCUT2D eigenvalue weighted by Gasteiger charge is -2.24. The van der Waals surface area contributed by atoms with Crippen LogP contribution in [-0.4, -0.2) is 44.5 Å². The summed E-state index contributed by atoms with van der Waals surface area (Å²) < 4.78 is 37.1. The van der Waals surface area contributed by atoms with Crippen LogP contribution in [0.3, 0.4) is 0 Å². The average molecular weight is 386 g/mol. The van der Waals surface area contributed by atoms with Crippen molar-refractivity contribution >= 4 is 15.8 Å². The molecule has 148 valence electrons. The molecule has 0 bridgehead atoms. The molecule has 0 aliphatic carbocycles. The van der Waals surface area contributed by atoms with E-state index < -0.39 is 14.6 Å². The van der Waals surface area contributed by atoms with E-state index in [-0.39, 0.29) is 23.5 Å². The fraction of sp³-hybridized carbons (Fsp3) is 0.632. The summed E-state index contributed by atoms with van der Waals surface area (Å²) in [5, 5.41) is 6.18. The van der Waals surface area contributed by atoms with Crippen LogP contribution >= 0.6 is 0 Å². The van der Waals surface area contributed by atoms with Crippen molar-refractivity contribution in [2.45, 2.75) is 51.7 Å². The highest BCUT2D eigenvalue weighted by Crippen LogP contribution is 2.24. The van der Waals surface area contributed by atoms with Gasteiger partial charge in [0.1, 0.15) is 5.82 Å².